The minimum absolute atomic E-state index is 0.101. The predicted octanol–water partition coefficient (Wildman–Crippen LogP) is 1.75. The molecule has 6 nitrogen and oxygen atoms in total. The Labute approximate surface area is 118 Å². The molecule has 1 heterocycles. The molecule has 0 radical (unpaired) electrons. The van der Waals surface area contributed by atoms with E-state index < -0.39 is 5.56 Å². The number of hydrogen-bond donors (Lipinski definition) is 1. The molecule has 7 heteroatoms. The summed E-state index contributed by atoms with van der Waals surface area (Å²) in [6.07, 6.45) is 0. The zero-order chi connectivity index (χ0) is 14.5. The fourth-order valence-corrected chi connectivity index (χ4v) is 1.55. The van der Waals surface area contributed by atoms with Gasteiger partial charge in [0.15, 0.2) is 11.4 Å². The van der Waals surface area contributed by atoms with Crippen LogP contribution in [0.25, 0.3) is 0 Å². The molecule has 1 aromatic carbocycles. The molecule has 20 heavy (non-hydrogen) atoms. The fourth-order valence-electron chi connectivity index (χ4n) is 1.43. The Kier molecular flexibility index (Phi) is 3.99. The van der Waals surface area contributed by atoms with Gasteiger partial charge >= 0.3 is 5.56 Å². The second kappa shape index (κ2) is 5.87. The van der Waals surface area contributed by atoms with Gasteiger partial charge in [0.2, 0.25) is 0 Å². The Morgan fingerprint density at radius 2 is 1.95 bits per heavy atom. The molecular weight excluding hydrogens is 280 g/mol. The van der Waals surface area contributed by atoms with Crippen LogP contribution in [-0.4, -0.2) is 9.97 Å². The molecule has 98 valence electrons. The molecule has 2 rings (SSSR count). The summed E-state index contributed by atoms with van der Waals surface area (Å²) in [4.78, 5) is 17.6. The van der Waals surface area contributed by atoms with Gasteiger partial charge in [0.1, 0.15) is 18.7 Å². The molecule has 0 unspecified atom stereocenters. The summed E-state index contributed by atoms with van der Waals surface area (Å²) in [5.41, 5.74) is -0.234. The van der Waals surface area contributed by atoms with Crippen LogP contribution in [0.5, 0.6) is 5.88 Å². The van der Waals surface area contributed by atoms with Crippen molar-refractivity contribution in [2.24, 2.45) is 0 Å². The average molecular weight is 287 g/mol. The zero-order valence-electron chi connectivity index (χ0n) is 10.1. The number of halogens is 1. The molecule has 2 aromatic rings. The number of H-pyrrole nitrogens is 1. The van der Waals surface area contributed by atoms with Gasteiger partial charge in [-0.2, -0.15) is 15.5 Å². The lowest BCUT2D eigenvalue weighted by Crippen LogP contribution is -2.16. The molecule has 0 aliphatic carbocycles. The summed E-state index contributed by atoms with van der Waals surface area (Å²) in [6, 6.07) is 10.3. The highest BCUT2D eigenvalue weighted by Crippen LogP contribution is 2.11. The Hall–Kier alpha value is -2.83. The Morgan fingerprint density at radius 1 is 1.25 bits per heavy atom. The highest BCUT2D eigenvalue weighted by atomic mass is 35.5. The predicted molar refractivity (Wildman–Crippen MR) is 70.1 cm³/mol. The Balaban J connectivity index is 2.22. The molecule has 0 bridgehead atoms. The number of rotatable bonds is 3. The van der Waals surface area contributed by atoms with Gasteiger partial charge in [0.25, 0.3) is 5.88 Å². The van der Waals surface area contributed by atoms with Gasteiger partial charge in [-0.15, -0.1) is 0 Å². The monoisotopic (exact) mass is 286 g/mol. The van der Waals surface area contributed by atoms with E-state index in [2.05, 4.69) is 9.97 Å². The molecule has 0 fully saturated rings. The van der Waals surface area contributed by atoms with E-state index in [4.69, 9.17) is 26.9 Å². The van der Waals surface area contributed by atoms with Gasteiger partial charge in [0, 0.05) is 5.02 Å². The summed E-state index contributed by atoms with van der Waals surface area (Å²) < 4.78 is 5.25. The standard InChI is InChI=1S/C13H7ClN4O2/c14-9-3-1-8(2-4-9)7-20-13-12(19)17-10(5-15)11(6-16)18-13/h1-4H,7H2,(H,17,19). The van der Waals surface area contributed by atoms with Gasteiger partial charge in [-0.25, -0.2) is 0 Å². The van der Waals surface area contributed by atoms with Gasteiger partial charge in [-0.1, -0.05) is 23.7 Å². The first-order valence-corrected chi connectivity index (χ1v) is 5.83. The molecule has 0 saturated carbocycles. The molecule has 1 N–H and O–H groups in total. The van der Waals surface area contributed by atoms with E-state index in [0.717, 1.165) is 5.56 Å². The number of benzene rings is 1. The van der Waals surface area contributed by atoms with E-state index in [9.17, 15) is 4.79 Å². The quantitative estimate of drug-likeness (QED) is 0.926. The van der Waals surface area contributed by atoms with Crippen LogP contribution < -0.4 is 10.3 Å². The highest BCUT2D eigenvalue weighted by molar-refractivity contribution is 6.30. The van der Waals surface area contributed by atoms with Crippen LogP contribution in [0.15, 0.2) is 29.1 Å². The van der Waals surface area contributed by atoms with Gasteiger partial charge in [-0.05, 0) is 17.7 Å². The van der Waals surface area contributed by atoms with Crippen LogP contribution in [0.3, 0.4) is 0 Å². The van der Waals surface area contributed by atoms with E-state index in [-0.39, 0.29) is 23.9 Å². The summed E-state index contributed by atoms with van der Waals surface area (Å²) in [6.45, 7) is 0.101. The molecule has 0 atom stereocenters. The van der Waals surface area contributed by atoms with E-state index >= 15 is 0 Å². The van der Waals surface area contributed by atoms with Crippen molar-refractivity contribution in [3.63, 3.8) is 0 Å². The maximum absolute atomic E-state index is 11.6. The van der Waals surface area contributed by atoms with E-state index in [1.807, 2.05) is 0 Å². The number of ether oxygens (including phenoxy) is 1. The minimum Gasteiger partial charge on any atom is -0.469 e. The number of hydrogen-bond acceptors (Lipinski definition) is 5. The summed E-state index contributed by atoms with van der Waals surface area (Å²) in [5.74, 6) is -0.254. The molecule has 0 spiro atoms. The molecule has 0 aliphatic rings. The fraction of sp³-hybridized carbons (Fsp3) is 0.0769. The van der Waals surface area contributed by atoms with Crippen LogP contribution >= 0.6 is 11.6 Å². The third-order valence-corrected chi connectivity index (χ3v) is 2.64. The van der Waals surface area contributed by atoms with Crippen molar-refractivity contribution in [2.75, 3.05) is 0 Å². The second-order valence-corrected chi connectivity index (χ2v) is 4.17. The molecule has 0 saturated heterocycles. The van der Waals surface area contributed by atoms with E-state index in [1.165, 1.54) is 0 Å². The Morgan fingerprint density at radius 3 is 2.55 bits per heavy atom. The van der Waals surface area contributed by atoms with Crippen molar-refractivity contribution in [1.82, 2.24) is 9.97 Å². The topological polar surface area (TPSA) is 103 Å². The first-order chi connectivity index (χ1) is 9.63. The molecule has 1 aromatic heterocycles. The average Bonchev–Trinajstić information content (AvgIpc) is 2.47. The van der Waals surface area contributed by atoms with Gasteiger partial charge < -0.3 is 9.72 Å². The zero-order valence-corrected chi connectivity index (χ0v) is 10.8. The van der Waals surface area contributed by atoms with Crippen molar-refractivity contribution in [2.45, 2.75) is 6.61 Å². The number of nitrogens with zero attached hydrogens (tertiary/aromatic N) is 3. The van der Waals surface area contributed by atoms with Crippen molar-refractivity contribution < 1.29 is 4.74 Å². The maximum Gasteiger partial charge on any atom is 0.311 e. The number of aromatic amines is 1. The smallest absolute Gasteiger partial charge is 0.311 e. The minimum atomic E-state index is -0.658. The van der Waals surface area contributed by atoms with Crippen molar-refractivity contribution in [1.29, 1.82) is 10.5 Å². The van der Waals surface area contributed by atoms with Gasteiger partial charge in [0.05, 0.1) is 0 Å². The lowest BCUT2D eigenvalue weighted by atomic mass is 10.2. The normalized spacial score (nSPS) is 9.55. The van der Waals surface area contributed by atoms with E-state index in [1.54, 1.807) is 36.4 Å². The number of nitriles is 2. The highest BCUT2D eigenvalue weighted by Gasteiger charge is 2.11. The summed E-state index contributed by atoms with van der Waals surface area (Å²) >= 11 is 5.75. The van der Waals surface area contributed by atoms with Crippen LogP contribution in [0.1, 0.15) is 17.0 Å². The summed E-state index contributed by atoms with van der Waals surface area (Å²) in [5, 5.41) is 18.2. The summed E-state index contributed by atoms with van der Waals surface area (Å²) in [7, 11) is 0. The third-order valence-electron chi connectivity index (χ3n) is 2.39. The van der Waals surface area contributed by atoms with Gasteiger partial charge in [-0.3, -0.25) is 4.79 Å². The lowest BCUT2D eigenvalue weighted by Gasteiger charge is -2.05. The van der Waals surface area contributed by atoms with Crippen molar-refractivity contribution in [3.05, 3.63) is 56.6 Å². The molecular formula is C13H7ClN4O2. The van der Waals surface area contributed by atoms with Crippen LogP contribution in [0, 0.1) is 22.7 Å². The third kappa shape index (κ3) is 2.94. The van der Waals surface area contributed by atoms with Crippen molar-refractivity contribution >= 4 is 11.6 Å². The largest absolute Gasteiger partial charge is 0.469 e. The lowest BCUT2D eigenvalue weighted by molar-refractivity contribution is 0.288. The maximum atomic E-state index is 11.6. The van der Waals surface area contributed by atoms with Crippen LogP contribution in [0.2, 0.25) is 5.02 Å². The number of nitrogens with one attached hydrogen (secondary N) is 1. The second-order valence-electron chi connectivity index (χ2n) is 3.73. The molecule has 0 aliphatic heterocycles. The van der Waals surface area contributed by atoms with Crippen molar-refractivity contribution in [3.8, 4) is 18.0 Å². The number of aromatic nitrogens is 2. The Bertz CT molecular complexity index is 769. The SMILES string of the molecule is N#Cc1nc(OCc2ccc(Cl)cc2)c(=O)[nH]c1C#N. The van der Waals surface area contributed by atoms with Crippen LogP contribution in [-0.2, 0) is 6.61 Å². The van der Waals surface area contributed by atoms with E-state index in [0.29, 0.717) is 5.02 Å². The van der Waals surface area contributed by atoms with Crippen LogP contribution in [0.4, 0.5) is 0 Å². The first kappa shape index (κ1) is 13.6. The molecule has 0 amide bonds. The first-order valence-electron chi connectivity index (χ1n) is 5.46.